The molecule has 0 aliphatic rings. The third kappa shape index (κ3) is 6.03. The summed E-state index contributed by atoms with van der Waals surface area (Å²) in [6, 6.07) is 16.4. The van der Waals surface area contributed by atoms with Crippen LogP contribution >= 0.6 is 0 Å². The van der Waals surface area contributed by atoms with Gasteiger partial charge in [0.05, 0.1) is 14.2 Å². The monoisotopic (exact) mass is 341 g/mol. The molecular weight excluding hydrogens is 314 g/mol. The van der Waals surface area contributed by atoms with Crippen molar-refractivity contribution in [3.8, 4) is 11.5 Å². The summed E-state index contributed by atoms with van der Waals surface area (Å²) >= 11 is 0. The van der Waals surface area contributed by atoms with E-state index in [4.69, 9.17) is 9.47 Å². The van der Waals surface area contributed by atoms with E-state index in [2.05, 4.69) is 39.9 Å². The van der Waals surface area contributed by atoms with Crippen LogP contribution in [0.3, 0.4) is 0 Å². The minimum absolute atomic E-state index is 0.665. The fourth-order valence-electron chi connectivity index (χ4n) is 2.54. The third-order valence-electron chi connectivity index (χ3n) is 3.91. The molecule has 0 fully saturated rings. The highest BCUT2D eigenvalue weighted by Crippen LogP contribution is 2.27. The van der Waals surface area contributed by atoms with Gasteiger partial charge in [0.2, 0.25) is 0 Å². The van der Waals surface area contributed by atoms with Gasteiger partial charge in [0, 0.05) is 20.1 Å². The second-order valence-corrected chi connectivity index (χ2v) is 5.63. The van der Waals surface area contributed by atoms with E-state index < -0.39 is 0 Å². The van der Waals surface area contributed by atoms with Crippen LogP contribution in [-0.2, 0) is 13.0 Å². The molecule has 0 saturated carbocycles. The summed E-state index contributed by atoms with van der Waals surface area (Å²) in [6.45, 7) is 1.54. The van der Waals surface area contributed by atoms with Crippen molar-refractivity contribution in [3.63, 3.8) is 0 Å². The molecule has 0 aliphatic carbocycles. The first kappa shape index (κ1) is 18.6. The molecule has 0 saturated heterocycles. The Hall–Kier alpha value is -2.69. The van der Waals surface area contributed by atoms with Crippen LogP contribution in [0.4, 0.5) is 0 Å². The van der Waals surface area contributed by atoms with E-state index in [1.807, 2.05) is 24.3 Å². The number of methoxy groups -OCH3 is 2. The molecule has 0 aliphatic heterocycles. The standard InChI is InChI=1S/C20H27N3O2/c1-21-20(22-13-7-10-16-8-5-4-6-9-16)23-15-17-11-12-18(24-2)19(14-17)25-3/h4-6,8-9,11-12,14H,7,10,13,15H2,1-3H3,(H2,21,22,23). The lowest BCUT2D eigenvalue weighted by Gasteiger charge is -2.13. The molecule has 0 aromatic heterocycles. The first-order valence-electron chi connectivity index (χ1n) is 8.46. The van der Waals surface area contributed by atoms with Gasteiger partial charge in [-0.15, -0.1) is 0 Å². The number of aliphatic imine (C=N–C) groups is 1. The molecule has 0 radical (unpaired) electrons. The molecule has 5 heteroatoms. The highest BCUT2D eigenvalue weighted by Gasteiger charge is 2.05. The zero-order valence-electron chi connectivity index (χ0n) is 15.2. The number of guanidine groups is 1. The zero-order chi connectivity index (χ0) is 17.9. The minimum atomic E-state index is 0.665. The van der Waals surface area contributed by atoms with Gasteiger partial charge >= 0.3 is 0 Å². The van der Waals surface area contributed by atoms with Gasteiger partial charge in [-0.2, -0.15) is 0 Å². The molecular formula is C20H27N3O2. The predicted octanol–water partition coefficient (Wildman–Crippen LogP) is 3.00. The molecule has 2 N–H and O–H groups in total. The Kier molecular flexibility index (Phi) is 7.63. The van der Waals surface area contributed by atoms with E-state index in [0.717, 1.165) is 42.4 Å². The molecule has 2 aromatic carbocycles. The van der Waals surface area contributed by atoms with Gasteiger partial charge in [0.25, 0.3) is 0 Å². The summed E-state index contributed by atoms with van der Waals surface area (Å²) < 4.78 is 10.6. The maximum Gasteiger partial charge on any atom is 0.191 e. The van der Waals surface area contributed by atoms with Gasteiger partial charge in [0.15, 0.2) is 17.5 Å². The van der Waals surface area contributed by atoms with E-state index in [1.54, 1.807) is 21.3 Å². The number of benzene rings is 2. The van der Waals surface area contributed by atoms with Crippen LogP contribution in [0.15, 0.2) is 53.5 Å². The molecule has 2 aromatic rings. The van der Waals surface area contributed by atoms with Crippen LogP contribution in [-0.4, -0.2) is 33.8 Å². The normalized spacial score (nSPS) is 11.1. The minimum Gasteiger partial charge on any atom is -0.493 e. The number of hydrogen-bond donors (Lipinski definition) is 2. The van der Waals surface area contributed by atoms with Crippen molar-refractivity contribution in [2.45, 2.75) is 19.4 Å². The average Bonchev–Trinajstić information content (AvgIpc) is 2.68. The van der Waals surface area contributed by atoms with Gasteiger partial charge in [-0.1, -0.05) is 36.4 Å². The lowest BCUT2D eigenvalue weighted by Crippen LogP contribution is -2.37. The number of nitrogens with zero attached hydrogens (tertiary/aromatic N) is 1. The van der Waals surface area contributed by atoms with Crippen molar-refractivity contribution in [2.24, 2.45) is 4.99 Å². The second-order valence-electron chi connectivity index (χ2n) is 5.63. The third-order valence-corrected chi connectivity index (χ3v) is 3.91. The van der Waals surface area contributed by atoms with Crippen molar-refractivity contribution >= 4 is 5.96 Å². The van der Waals surface area contributed by atoms with Crippen molar-refractivity contribution in [3.05, 3.63) is 59.7 Å². The number of rotatable bonds is 8. The topological polar surface area (TPSA) is 54.9 Å². The van der Waals surface area contributed by atoms with Crippen molar-refractivity contribution in [1.29, 1.82) is 0 Å². The molecule has 25 heavy (non-hydrogen) atoms. The molecule has 134 valence electrons. The Morgan fingerprint density at radius 3 is 2.36 bits per heavy atom. The quantitative estimate of drug-likeness (QED) is 0.440. The lowest BCUT2D eigenvalue weighted by atomic mass is 10.1. The van der Waals surface area contributed by atoms with Crippen LogP contribution in [0.5, 0.6) is 11.5 Å². The van der Waals surface area contributed by atoms with Crippen LogP contribution in [0.25, 0.3) is 0 Å². The van der Waals surface area contributed by atoms with Gasteiger partial charge in [-0.05, 0) is 36.1 Å². The van der Waals surface area contributed by atoms with Crippen LogP contribution < -0.4 is 20.1 Å². The maximum absolute atomic E-state index is 5.33. The molecule has 0 amide bonds. The summed E-state index contributed by atoms with van der Waals surface area (Å²) in [5, 5.41) is 6.66. The Bertz CT molecular complexity index is 672. The maximum atomic E-state index is 5.33. The number of ether oxygens (including phenoxy) is 2. The van der Waals surface area contributed by atoms with Gasteiger partial charge < -0.3 is 20.1 Å². The Morgan fingerprint density at radius 1 is 0.920 bits per heavy atom. The summed E-state index contributed by atoms with van der Waals surface area (Å²) in [4.78, 5) is 4.26. The largest absolute Gasteiger partial charge is 0.493 e. The Labute approximate surface area is 150 Å². The summed E-state index contributed by atoms with van der Waals surface area (Å²) in [5.74, 6) is 2.25. The number of aryl methyl sites for hydroxylation is 1. The zero-order valence-corrected chi connectivity index (χ0v) is 15.2. The number of nitrogens with one attached hydrogen (secondary N) is 2. The molecule has 5 nitrogen and oxygen atoms in total. The SMILES string of the molecule is CN=C(NCCCc1ccccc1)NCc1ccc(OC)c(OC)c1. The molecule has 0 atom stereocenters. The van der Waals surface area contributed by atoms with Crippen molar-refractivity contribution in [1.82, 2.24) is 10.6 Å². The van der Waals surface area contributed by atoms with Gasteiger partial charge in [-0.3, -0.25) is 4.99 Å². The summed E-state index contributed by atoms with van der Waals surface area (Å²) in [5.41, 5.74) is 2.46. The average molecular weight is 341 g/mol. The van der Waals surface area contributed by atoms with E-state index >= 15 is 0 Å². The molecule has 0 bridgehead atoms. The van der Waals surface area contributed by atoms with E-state index in [1.165, 1.54) is 5.56 Å². The van der Waals surface area contributed by atoms with Crippen LogP contribution in [0.2, 0.25) is 0 Å². The van der Waals surface area contributed by atoms with E-state index in [9.17, 15) is 0 Å². The van der Waals surface area contributed by atoms with Gasteiger partial charge in [0.1, 0.15) is 0 Å². The molecule has 2 rings (SSSR count). The number of hydrogen-bond acceptors (Lipinski definition) is 3. The first-order chi connectivity index (χ1) is 12.3. The van der Waals surface area contributed by atoms with E-state index in [-0.39, 0.29) is 0 Å². The van der Waals surface area contributed by atoms with Gasteiger partial charge in [-0.25, -0.2) is 0 Å². The molecule has 0 heterocycles. The molecule has 0 spiro atoms. The van der Waals surface area contributed by atoms with Crippen molar-refractivity contribution < 1.29 is 9.47 Å². The van der Waals surface area contributed by atoms with Crippen molar-refractivity contribution in [2.75, 3.05) is 27.8 Å². The highest BCUT2D eigenvalue weighted by atomic mass is 16.5. The Balaban J connectivity index is 1.76. The van der Waals surface area contributed by atoms with E-state index in [0.29, 0.717) is 6.54 Å². The predicted molar refractivity (Wildman–Crippen MR) is 103 cm³/mol. The van der Waals surface area contributed by atoms with Crippen LogP contribution in [0, 0.1) is 0 Å². The highest BCUT2D eigenvalue weighted by molar-refractivity contribution is 5.79. The van der Waals surface area contributed by atoms with Crippen LogP contribution in [0.1, 0.15) is 17.5 Å². The second kappa shape index (κ2) is 10.2. The first-order valence-corrected chi connectivity index (χ1v) is 8.46. The Morgan fingerprint density at radius 2 is 1.68 bits per heavy atom. The summed E-state index contributed by atoms with van der Waals surface area (Å²) in [7, 11) is 5.06. The fraction of sp³-hybridized carbons (Fsp3) is 0.350. The molecule has 0 unspecified atom stereocenters. The lowest BCUT2D eigenvalue weighted by molar-refractivity contribution is 0.354. The summed E-state index contributed by atoms with van der Waals surface area (Å²) in [6.07, 6.45) is 2.11. The smallest absolute Gasteiger partial charge is 0.191 e. The fourth-order valence-corrected chi connectivity index (χ4v) is 2.54.